The number of carbonyl (C=O) groups excluding carboxylic acids is 1. The summed E-state index contributed by atoms with van der Waals surface area (Å²) >= 11 is 0. The van der Waals surface area contributed by atoms with E-state index in [0.717, 1.165) is 55.8 Å². The number of anilines is 2. The van der Waals surface area contributed by atoms with Crippen LogP contribution in [0.25, 0.3) is 21.8 Å². The number of amides is 1. The molecule has 1 aromatic heterocycles. The van der Waals surface area contributed by atoms with Crippen molar-refractivity contribution in [3.05, 3.63) is 65.7 Å². The molecule has 0 saturated carbocycles. The van der Waals surface area contributed by atoms with Gasteiger partial charge >= 0.3 is 6.09 Å². The fraction of sp³-hybridized carbons (Fsp3) is 0.231. The monoisotopic (exact) mass is 445 g/mol. The van der Waals surface area contributed by atoms with Crippen LogP contribution >= 0.6 is 0 Å². The van der Waals surface area contributed by atoms with E-state index in [4.69, 9.17) is 19.2 Å². The maximum absolute atomic E-state index is 11.2. The summed E-state index contributed by atoms with van der Waals surface area (Å²) in [6.07, 6.45) is 0.216. The second-order valence-electron chi connectivity index (χ2n) is 7.67. The highest BCUT2D eigenvalue weighted by Crippen LogP contribution is 2.37. The third-order valence-electron chi connectivity index (χ3n) is 5.55. The third kappa shape index (κ3) is 4.77. The summed E-state index contributed by atoms with van der Waals surface area (Å²) in [6, 6.07) is 18.0. The van der Waals surface area contributed by atoms with Gasteiger partial charge in [-0.05, 0) is 60.5 Å². The van der Waals surface area contributed by atoms with Crippen molar-refractivity contribution in [1.82, 2.24) is 10.3 Å². The maximum Gasteiger partial charge on any atom is 0.406 e. The second kappa shape index (κ2) is 9.65. The number of methoxy groups -OCH3 is 2. The van der Waals surface area contributed by atoms with Crippen LogP contribution < -0.4 is 20.1 Å². The Morgan fingerprint density at radius 1 is 0.939 bits per heavy atom. The molecule has 4 rings (SSSR count). The Bertz CT molecular complexity index is 1300. The zero-order valence-electron chi connectivity index (χ0n) is 19.2. The number of carbonyl (C=O) groups is 1. The number of nitrogens with zero attached hydrogens (tertiary/aromatic N) is 1. The van der Waals surface area contributed by atoms with E-state index in [0.29, 0.717) is 13.0 Å². The van der Waals surface area contributed by atoms with E-state index in [-0.39, 0.29) is 0 Å². The summed E-state index contributed by atoms with van der Waals surface area (Å²) < 4.78 is 16.1. The van der Waals surface area contributed by atoms with E-state index in [9.17, 15) is 4.79 Å². The van der Waals surface area contributed by atoms with Crippen molar-refractivity contribution in [2.45, 2.75) is 13.3 Å². The predicted octanol–water partition coefficient (Wildman–Crippen LogP) is 5.36. The van der Waals surface area contributed by atoms with Crippen molar-refractivity contribution in [1.29, 1.82) is 0 Å². The molecule has 170 valence electrons. The van der Waals surface area contributed by atoms with Gasteiger partial charge in [0.05, 0.1) is 37.5 Å². The zero-order valence-corrected chi connectivity index (χ0v) is 19.2. The lowest BCUT2D eigenvalue weighted by molar-refractivity contribution is 0.150. The van der Waals surface area contributed by atoms with Crippen LogP contribution in [0.4, 0.5) is 16.2 Å². The first-order chi connectivity index (χ1) is 16.0. The molecule has 0 fully saturated rings. The number of rotatable bonds is 7. The van der Waals surface area contributed by atoms with Crippen molar-refractivity contribution in [3.63, 3.8) is 0 Å². The summed E-state index contributed by atoms with van der Waals surface area (Å²) in [7, 11) is 4.87. The first-order valence-corrected chi connectivity index (χ1v) is 10.7. The van der Waals surface area contributed by atoms with Crippen molar-refractivity contribution in [3.8, 4) is 11.5 Å². The number of ether oxygens (including phenoxy) is 3. The molecule has 0 spiro atoms. The van der Waals surface area contributed by atoms with Gasteiger partial charge in [0.25, 0.3) is 0 Å². The van der Waals surface area contributed by atoms with E-state index >= 15 is 0 Å². The number of aromatic nitrogens is 1. The molecule has 0 bridgehead atoms. The number of pyridine rings is 1. The minimum absolute atomic E-state index is 0.324. The van der Waals surface area contributed by atoms with Crippen molar-refractivity contribution in [2.24, 2.45) is 0 Å². The largest absolute Gasteiger partial charge is 0.497 e. The number of hydrogen-bond donors (Lipinski definition) is 2. The molecule has 7 heteroatoms. The predicted molar refractivity (Wildman–Crippen MR) is 131 cm³/mol. The summed E-state index contributed by atoms with van der Waals surface area (Å²) in [5, 5.41) is 7.93. The van der Waals surface area contributed by atoms with Crippen LogP contribution in [0.2, 0.25) is 0 Å². The standard InChI is InChI=1S/C26H27N3O4/c1-16-13-23-21(15-24(16)32-4)25(20-14-19(31-3)9-10-22(20)29-23)28-18-7-5-17(6-8-18)11-12-33-26(30)27-2/h5-10,13-15H,11-12H2,1-4H3,(H,27,30)(H,28,29). The Hall–Kier alpha value is -4.00. The minimum atomic E-state index is -0.425. The van der Waals surface area contributed by atoms with Crippen molar-refractivity contribution in [2.75, 3.05) is 33.2 Å². The molecule has 0 aliphatic rings. The molecule has 7 nitrogen and oxygen atoms in total. The number of fused-ring (bicyclic) bond motifs is 2. The zero-order chi connectivity index (χ0) is 23.4. The summed E-state index contributed by atoms with van der Waals surface area (Å²) in [5.74, 6) is 1.57. The minimum Gasteiger partial charge on any atom is -0.497 e. The summed E-state index contributed by atoms with van der Waals surface area (Å²) in [4.78, 5) is 16.1. The lowest BCUT2D eigenvalue weighted by Crippen LogP contribution is -2.20. The van der Waals surface area contributed by atoms with Crippen LogP contribution in [-0.2, 0) is 11.2 Å². The molecule has 0 aliphatic carbocycles. The van der Waals surface area contributed by atoms with E-state index in [2.05, 4.69) is 10.6 Å². The average Bonchev–Trinajstić information content (AvgIpc) is 2.84. The van der Waals surface area contributed by atoms with E-state index in [1.165, 1.54) is 0 Å². The molecule has 0 saturated heterocycles. The quantitative estimate of drug-likeness (QED) is 0.373. The Balaban J connectivity index is 1.72. The van der Waals surface area contributed by atoms with Crippen LogP contribution in [0.15, 0.2) is 54.6 Å². The number of benzene rings is 3. The first kappa shape index (κ1) is 22.2. The highest BCUT2D eigenvalue weighted by Gasteiger charge is 2.13. The number of aryl methyl sites for hydroxylation is 1. The van der Waals surface area contributed by atoms with Gasteiger partial charge in [0.1, 0.15) is 11.5 Å². The van der Waals surface area contributed by atoms with Crippen molar-refractivity contribution < 1.29 is 19.0 Å². The topological polar surface area (TPSA) is 81.7 Å². The smallest absolute Gasteiger partial charge is 0.406 e. The molecule has 2 N–H and O–H groups in total. The van der Waals surface area contributed by atoms with Gasteiger partial charge in [0.15, 0.2) is 0 Å². The Labute approximate surface area is 192 Å². The molecule has 0 radical (unpaired) electrons. The van der Waals surface area contributed by atoms with Gasteiger partial charge in [0.2, 0.25) is 0 Å². The number of alkyl carbamates (subject to hydrolysis) is 1. The van der Waals surface area contributed by atoms with Crippen molar-refractivity contribution >= 4 is 39.3 Å². The Morgan fingerprint density at radius 2 is 1.70 bits per heavy atom. The van der Waals surface area contributed by atoms with E-state index in [1.807, 2.05) is 61.5 Å². The highest BCUT2D eigenvalue weighted by atomic mass is 16.5. The maximum atomic E-state index is 11.2. The first-order valence-electron chi connectivity index (χ1n) is 10.7. The summed E-state index contributed by atoms with van der Waals surface area (Å²) in [5.41, 5.74) is 5.73. The molecule has 0 aliphatic heterocycles. The number of hydrogen-bond acceptors (Lipinski definition) is 6. The average molecular weight is 446 g/mol. The van der Waals surface area contributed by atoms with E-state index in [1.54, 1.807) is 21.3 Å². The molecular formula is C26H27N3O4. The van der Waals surface area contributed by atoms with Gasteiger partial charge in [-0.25, -0.2) is 9.78 Å². The number of nitrogens with one attached hydrogen (secondary N) is 2. The van der Waals surface area contributed by atoms with Crippen LogP contribution in [0.1, 0.15) is 11.1 Å². The fourth-order valence-electron chi connectivity index (χ4n) is 3.77. The van der Waals surface area contributed by atoms with Gasteiger partial charge in [-0.3, -0.25) is 0 Å². The van der Waals surface area contributed by atoms with Crippen LogP contribution in [-0.4, -0.2) is 39.0 Å². The van der Waals surface area contributed by atoms with Gasteiger partial charge in [-0.15, -0.1) is 0 Å². The third-order valence-corrected chi connectivity index (χ3v) is 5.55. The normalized spacial score (nSPS) is 10.8. The van der Waals surface area contributed by atoms with Gasteiger partial charge in [0, 0.05) is 29.9 Å². The van der Waals surface area contributed by atoms with Gasteiger partial charge in [-0.2, -0.15) is 0 Å². The summed E-state index contributed by atoms with van der Waals surface area (Å²) in [6.45, 7) is 2.34. The van der Waals surface area contributed by atoms with Crippen LogP contribution in [0.3, 0.4) is 0 Å². The fourth-order valence-corrected chi connectivity index (χ4v) is 3.77. The lowest BCUT2D eigenvalue weighted by atomic mass is 10.0. The SMILES string of the molecule is CNC(=O)OCCc1ccc(Nc2c3cc(OC)ccc3nc3cc(C)c(OC)cc23)cc1. The lowest BCUT2D eigenvalue weighted by Gasteiger charge is -2.16. The van der Waals surface area contributed by atoms with Crippen LogP contribution in [0, 0.1) is 6.92 Å². The molecule has 4 aromatic rings. The van der Waals surface area contributed by atoms with Gasteiger partial charge in [-0.1, -0.05) is 12.1 Å². The van der Waals surface area contributed by atoms with Crippen LogP contribution in [0.5, 0.6) is 11.5 Å². The highest BCUT2D eigenvalue weighted by molar-refractivity contribution is 6.09. The molecule has 1 amide bonds. The van der Waals surface area contributed by atoms with E-state index < -0.39 is 6.09 Å². The molecule has 33 heavy (non-hydrogen) atoms. The molecule has 3 aromatic carbocycles. The Morgan fingerprint density at radius 3 is 2.39 bits per heavy atom. The molecule has 1 heterocycles. The molecule has 0 atom stereocenters. The molecule has 0 unspecified atom stereocenters. The van der Waals surface area contributed by atoms with Gasteiger partial charge < -0.3 is 24.8 Å². The second-order valence-corrected chi connectivity index (χ2v) is 7.67. The Kier molecular flexibility index (Phi) is 6.49. The molecular weight excluding hydrogens is 418 g/mol.